The maximum Gasteiger partial charge on any atom is 0.307 e. The minimum absolute atomic E-state index is 0.0392. The van der Waals surface area contributed by atoms with E-state index < -0.39 is 4.92 Å². The fourth-order valence-corrected chi connectivity index (χ4v) is 1.78. The lowest BCUT2D eigenvalue weighted by molar-refractivity contribution is -0.385. The Kier molecular flexibility index (Phi) is 2.84. The minimum Gasteiger partial charge on any atom is -0.261 e. The zero-order valence-electron chi connectivity index (χ0n) is 9.29. The highest BCUT2D eigenvalue weighted by atomic mass is 35.5. The summed E-state index contributed by atoms with van der Waals surface area (Å²) in [4.78, 5) is 10.0. The molecule has 0 fully saturated rings. The molecule has 0 saturated heterocycles. The molecule has 2 rings (SSSR count). The van der Waals surface area contributed by atoms with Crippen LogP contribution in [0.25, 0.3) is 0 Å². The van der Waals surface area contributed by atoms with Gasteiger partial charge in [0.25, 0.3) is 0 Å². The van der Waals surface area contributed by atoms with Crippen molar-refractivity contribution in [3.05, 3.63) is 38.9 Å². The van der Waals surface area contributed by atoms with Gasteiger partial charge < -0.3 is 0 Å². The number of aryl methyl sites for hydroxylation is 2. The Labute approximate surface area is 102 Å². The minimum atomic E-state index is -0.485. The van der Waals surface area contributed by atoms with Crippen molar-refractivity contribution in [1.82, 2.24) is 19.6 Å². The Bertz CT molecular complexity index is 574. The third kappa shape index (κ3) is 2.14. The molecule has 0 N–H and O–H groups in total. The van der Waals surface area contributed by atoms with E-state index in [0.29, 0.717) is 11.7 Å². The molecular formula is C9H10ClN5O2. The Morgan fingerprint density at radius 1 is 1.59 bits per heavy atom. The van der Waals surface area contributed by atoms with E-state index in [2.05, 4.69) is 10.2 Å². The van der Waals surface area contributed by atoms with Gasteiger partial charge in [-0.05, 0) is 6.92 Å². The summed E-state index contributed by atoms with van der Waals surface area (Å²) < 4.78 is 3.03. The first kappa shape index (κ1) is 11.6. The first-order valence-electron chi connectivity index (χ1n) is 4.84. The highest BCUT2D eigenvalue weighted by Crippen LogP contribution is 2.20. The van der Waals surface area contributed by atoms with Crippen LogP contribution in [0.2, 0.25) is 5.15 Å². The van der Waals surface area contributed by atoms with E-state index in [-0.39, 0.29) is 5.69 Å². The summed E-state index contributed by atoms with van der Waals surface area (Å²) in [6.45, 7) is 2.20. The second-order valence-corrected chi connectivity index (χ2v) is 3.99. The van der Waals surface area contributed by atoms with Crippen LogP contribution >= 0.6 is 11.6 Å². The van der Waals surface area contributed by atoms with Gasteiger partial charge in [0.2, 0.25) is 0 Å². The van der Waals surface area contributed by atoms with Gasteiger partial charge >= 0.3 is 5.69 Å². The smallest absolute Gasteiger partial charge is 0.261 e. The number of nitrogens with zero attached hydrogens (tertiary/aromatic N) is 5. The summed E-state index contributed by atoms with van der Waals surface area (Å²) in [6, 6.07) is 0. The van der Waals surface area contributed by atoms with Gasteiger partial charge in [-0.25, -0.2) is 0 Å². The molecule has 2 aromatic rings. The van der Waals surface area contributed by atoms with E-state index in [9.17, 15) is 10.1 Å². The summed E-state index contributed by atoms with van der Waals surface area (Å²) in [6.07, 6.45) is 2.57. The average molecular weight is 256 g/mol. The SMILES string of the molecule is Cc1nn(C)c(Cl)c1Cn1cc([N+](=O)[O-])cn1. The van der Waals surface area contributed by atoms with Crippen LogP contribution in [-0.4, -0.2) is 24.5 Å². The maximum absolute atomic E-state index is 10.5. The summed E-state index contributed by atoms with van der Waals surface area (Å²) >= 11 is 6.06. The van der Waals surface area contributed by atoms with Crippen LogP contribution in [0.15, 0.2) is 12.4 Å². The second-order valence-electron chi connectivity index (χ2n) is 3.63. The molecule has 0 atom stereocenters. The molecule has 8 heteroatoms. The quantitative estimate of drug-likeness (QED) is 0.615. The average Bonchev–Trinajstić information content (AvgIpc) is 2.80. The van der Waals surface area contributed by atoms with Crippen molar-refractivity contribution in [1.29, 1.82) is 0 Å². The number of aromatic nitrogens is 4. The van der Waals surface area contributed by atoms with E-state index >= 15 is 0 Å². The molecule has 0 aromatic carbocycles. The van der Waals surface area contributed by atoms with Crippen LogP contribution in [0.3, 0.4) is 0 Å². The highest BCUT2D eigenvalue weighted by molar-refractivity contribution is 6.30. The van der Waals surface area contributed by atoms with E-state index in [0.717, 1.165) is 11.3 Å². The van der Waals surface area contributed by atoms with Crippen molar-refractivity contribution in [2.75, 3.05) is 0 Å². The summed E-state index contributed by atoms with van der Waals surface area (Å²) in [5.41, 5.74) is 1.56. The molecule has 17 heavy (non-hydrogen) atoms. The van der Waals surface area contributed by atoms with Gasteiger partial charge in [0.05, 0.1) is 17.2 Å². The molecule has 0 amide bonds. The zero-order valence-corrected chi connectivity index (χ0v) is 10.0. The molecule has 0 aliphatic carbocycles. The summed E-state index contributed by atoms with van der Waals surface area (Å²) in [5.74, 6) is 0. The second kappa shape index (κ2) is 4.17. The van der Waals surface area contributed by atoms with Gasteiger partial charge in [0.15, 0.2) is 0 Å². The number of hydrogen-bond acceptors (Lipinski definition) is 4. The Morgan fingerprint density at radius 3 is 2.76 bits per heavy atom. The Balaban J connectivity index is 2.28. The van der Waals surface area contributed by atoms with Crippen molar-refractivity contribution < 1.29 is 4.92 Å². The van der Waals surface area contributed by atoms with Crippen LogP contribution in [0.1, 0.15) is 11.3 Å². The van der Waals surface area contributed by atoms with Crippen molar-refractivity contribution in [2.45, 2.75) is 13.5 Å². The van der Waals surface area contributed by atoms with Gasteiger partial charge in [-0.2, -0.15) is 10.2 Å². The van der Waals surface area contributed by atoms with E-state index in [4.69, 9.17) is 11.6 Å². The molecule has 0 spiro atoms. The molecule has 0 bridgehead atoms. The third-order valence-corrected chi connectivity index (χ3v) is 2.89. The molecule has 2 aromatic heterocycles. The normalized spacial score (nSPS) is 10.8. The fourth-order valence-electron chi connectivity index (χ4n) is 1.55. The van der Waals surface area contributed by atoms with Crippen LogP contribution in [0.5, 0.6) is 0 Å². The van der Waals surface area contributed by atoms with E-state index in [1.807, 2.05) is 6.92 Å². The lowest BCUT2D eigenvalue weighted by Gasteiger charge is -2.00. The zero-order chi connectivity index (χ0) is 12.6. The molecular weight excluding hydrogens is 246 g/mol. The standard InChI is InChI=1S/C9H10ClN5O2/c1-6-8(9(10)13(2)12-6)5-14-4-7(3-11-14)15(16)17/h3-4H,5H2,1-2H3. The number of halogens is 1. The molecule has 7 nitrogen and oxygen atoms in total. The number of hydrogen-bond donors (Lipinski definition) is 0. The summed E-state index contributed by atoms with van der Waals surface area (Å²) in [7, 11) is 1.74. The van der Waals surface area contributed by atoms with Crippen molar-refractivity contribution in [3.63, 3.8) is 0 Å². The lowest BCUT2D eigenvalue weighted by Crippen LogP contribution is -2.01. The van der Waals surface area contributed by atoms with Gasteiger partial charge in [-0.3, -0.25) is 19.5 Å². The monoisotopic (exact) mass is 255 g/mol. The molecule has 2 heterocycles. The fraction of sp³-hybridized carbons (Fsp3) is 0.333. The predicted octanol–water partition coefficient (Wildman–Crippen LogP) is 1.53. The number of nitro groups is 1. The van der Waals surface area contributed by atoms with Crippen LogP contribution in [-0.2, 0) is 13.6 Å². The first-order valence-corrected chi connectivity index (χ1v) is 5.21. The maximum atomic E-state index is 10.5. The predicted molar refractivity (Wildman–Crippen MR) is 60.9 cm³/mol. The first-order chi connectivity index (χ1) is 7.99. The van der Waals surface area contributed by atoms with Gasteiger partial charge in [0.1, 0.15) is 17.5 Å². The van der Waals surface area contributed by atoms with Gasteiger partial charge in [-0.15, -0.1) is 0 Å². The van der Waals surface area contributed by atoms with Crippen LogP contribution < -0.4 is 0 Å². The topological polar surface area (TPSA) is 78.8 Å². The molecule has 0 saturated carbocycles. The van der Waals surface area contributed by atoms with Crippen LogP contribution in [0, 0.1) is 17.0 Å². The molecule has 0 aliphatic heterocycles. The largest absolute Gasteiger partial charge is 0.307 e. The lowest BCUT2D eigenvalue weighted by atomic mass is 10.2. The molecule has 90 valence electrons. The molecule has 0 aliphatic rings. The van der Waals surface area contributed by atoms with Gasteiger partial charge in [-0.1, -0.05) is 11.6 Å². The third-order valence-electron chi connectivity index (χ3n) is 2.42. The molecule has 0 unspecified atom stereocenters. The van der Waals surface area contributed by atoms with E-state index in [1.165, 1.54) is 17.1 Å². The Morgan fingerprint density at radius 2 is 2.29 bits per heavy atom. The van der Waals surface area contributed by atoms with Crippen molar-refractivity contribution in [3.8, 4) is 0 Å². The Hall–Kier alpha value is -1.89. The van der Waals surface area contributed by atoms with E-state index in [1.54, 1.807) is 11.7 Å². The van der Waals surface area contributed by atoms with Gasteiger partial charge in [0, 0.05) is 12.6 Å². The van der Waals surface area contributed by atoms with Crippen molar-refractivity contribution >= 4 is 17.3 Å². The van der Waals surface area contributed by atoms with Crippen LogP contribution in [0.4, 0.5) is 5.69 Å². The highest BCUT2D eigenvalue weighted by Gasteiger charge is 2.14. The van der Waals surface area contributed by atoms with Crippen molar-refractivity contribution in [2.24, 2.45) is 7.05 Å². The molecule has 0 radical (unpaired) electrons. The number of rotatable bonds is 3. The summed E-state index contributed by atoms with van der Waals surface area (Å²) in [5, 5.41) is 19.1.